The Kier molecular flexibility index (Phi) is 10.1. The number of β-amino-alcohol motifs (C(OH)–C–C–N with tert-alkyl or cyclic N) is 1. The summed E-state index contributed by atoms with van der Waals surface area (Å²) in [6.45, 7) is 10.2. The molecule has 0 fully saturated rings. The Morgan fingerprint density at radius 1 is 1.03 bits per heavy atom. The van der Waals surface area contributed by atoms with Gasteiger partial charge in [-0.1, -0.05) is 35.9 Å². The quantitative estimate of drug-likeness (QED) is 0.337. The summed E-state index contributed by atoms with van der Waals surface area (Å²) in [7, 11) is 0. The van der Waals surface area contributed by atoms with Gasteiger partial charge in [-0.25, -0.2) is 9.59 Å². The first-order chi connectivity index (χ1) is 16.5. The lowest BCUT2D eigenvalue weighted by Gasteiger charge is -2.37. The van der Waals surface area contributed by atoms with Crippen molar-refractivity contribution in [3.05, 3.63) is 78.0 Å². The number of carbonyl (C=O) groups is 2. The lowest BCUT2D eigenvalue weighted by Crippen LogP contribution is -2.46. The van der Waals surface area contributed by atoms with E-state index in [0.717, 1.165) is 23.2 Å². The number of aliphatic hydroxyl groups excluding tert-OH is 1. The summed E-state index contributed by atoms with van der Waals surface area (Å²) in [5.74, 6) is -1.71. The van der Waals surface area contributed by atoms with Crippen LogP contribution in [0.2, 0.25) is 0 Å². The number of nitrogens with one attached hydrogen (secondary N) is 1. The van der Waals surface area contributed by atoms with Crippen molar-refractivity contribution < 1.29 is 29.6 Å². The van der Waals surface area contributed by atoms with Crippen LogP contribution in [0.15, 0.2) is 66.9 Å². The minimum atomic E-state index is -1.26. The fourth-order valence-electron chi connectivity index (χ4n) is 3.31. The number of carboxylic acids is 2. The molecule has 0 spiro atoms. The number of aliphatic carboxylic acids is 2. The van der Waals surface area contributed by atoms with Gasteiger partial charge in [0.1, 0.15) is 18.5 Å². The standard InChI is InChI=1S/C23H30N2O2.C4H4O4/c1-17-8-10-18(11-9-17)14-25(23(2,3)4)15-19(26)16-27-22-7-5-6-21-20(22)12-13-24-21;5-3(6)1-2-4(7)8/h5-13,19,24,26H,14-16H2,1-4H3;1-2H,(H,5,6)(H,7,8)/b;2-1-. The second-order valence-corrected chi connectivity index (χ2v) is 9.21. The van der Waals surface area contributed by atoms with E-state index in [1.165, 1.54) is 11.1 Å². The van der Waals surface area contributed by atoms with Gasteiger partial charge >= 0.3 is 11.9 Å². The highest BCUT2D eigenvalue weighted by atomic mass is 16.5. The maximum Gasteiger partial charge on any atom is 0.328 e. The molecule has 0 amide bonds. The van der Waals surface area contributed by atoms with Crippen molar-refractivity contribution in [1.29, 1.82) is 0 Å². The van der Waals surface area contributed by atoms with Gasteiger partial charge in [0.15, 0.2) is 0 Å². The number of nitrogens with zero attached hydrogens (tertiary/aromatic N) is 1. The molecule has 0 aliphatic rings. The molecule has 35 heavy (non-hydrogen) atoms. The van der Waals surface area contributed by atoms with E-state index >= 15 is 0 Å². The Bertz CT molecular complexity index is 1110. The van der Waals surface area contributed by atoms with Crippen LogP contribution >= 0.6 is 0 Å². The van der Waals surface area contributed by atoms with E-state index < -0.39 is 18.0 Å². The number of H-pyrrole nitrogens is 1. The van der Waals surface area contributed by atoms with Crippen LogP contribution < -0.4 is 4.74 Å². The minimum absolute atomic E-state index is 0.0491. The largest absolute Gasteiger partial charge is 0.490 e. The van der Waals surface area contributed by atoms with Crippen molar-refractivity contribution in [1.82, 2.24) is 9.88 Å². The summed E-state index contributed by atoms with van der Waals surface area (Å²) in [6, 6.07) is 16.5. The Balaban J connectivity index is 0.000000466. The minimum Gasteiger partial charge on any atom is -0.490 e. The monoisotopic (exact) mass is 482 g/mol. The number of aliphatic hydroxyl groups is 1. The van der Waals surface area contributed by atoms with Gasteiger partial charge in [0.25, 0.3) is 0 Å². The third-order valence-electron chi connectivity index (χ3n) is 5.23. The maximum absolute atomic E-state index is 10.6. The lowest BCUT2D eigenvalue weighted by atomic mass is 10.0. The Morgan fingerprint density at radius 3 is 2.23 bits per heavy atom. The van der Waals surface area contributed by atoms with E-state index in [2.05, 4.69) is 61.8 Å². The third-order valence-corrected chi connectivity index (χ3v) is 5.23. The molecule has 2 aromatic carbocycles. The van der Waals surface area contributed by atoms with Gasteiger partial charge in [0, 0.05) is 47.9 Å². The second kappa shape index (κ2) is 12.7. The first kappa shape index (κ1) is 27.6. The summed E-state index contributed by atoms with van der Waals surface area (Å²) >= 11 is 0. The number of hydrogen-bond donors (Lipinski definition) is 4. The van der Waals surface area contributed by atoms with E-state index in [9.17, 15) is 14.7 Å². The molecule has 0 saturated carbocycles. The molecular weight excluding hydrogens is 448 g/mol. The van der Waals surface area contributed by atoms with Crippen LogP contribution in [0.25, 0.3) is 10.9 Å². The normalized spacial score (nSPS) is 12.4. The number of fused-ring (bicyclic) bond motifs is 1. The first-order valence-electron chi connectivity index (χ1n) is 11.3. The average molecular weight is 483 g/mol. The van der Waals surface area contributed by atoms with Gasteiger partial charge in [0.05, 0.1) is 0 Å². The van der Waals surface area contributed by atoms with Crippen molar-refractivity contribution in [2.24, 2.45) is 0 Å². The molecule has 3 rings (SSSR count). The smallest absolute Gasteiger partial charge is 0.328 e. The third kappa shape index (κ3) is 9.64. The van der Waals surface area contributed by atoms with Crippen LogP contribution in [0.5, 0.6) is 5.75 Å². The van der Waals surface area contributed by atoms with E-state index in [4.69, 9.17) is 14.9 Å². The van der Waals surface area contributed by atoms with Crippen LogP contribution in [0.3, 0.4) is 0 Å². The molecule has 1 heterocycles. The van der Waals surface area contributed by atoms with E-state index in [0.29, 0.717) is 18.7 Å². The topological polar surface area (TPSA) is 123 Å². The van der Waals surface area contributed by atoms with Crippen molar-refractivity contribution in [3.63, 3.8) is 0 Å². The second-order valence-electron chi connectivity index (χ2n) is 9.21. The SMILES string of the molecule is Cc1ccc(CN(CC(O)COc2cccc3[nH]ccc23)C(C)(C)C)cc1.O=C(O)/C=C\C(=O)O. The van der Waals surface area contributed by atoms with Crippen molar-refractivity contribution >= 4 is 22.8 Å². The Morgan fingerprint density at radius 2 is 1.66 bits per heavy atom. The van der Waals surface area contributed by atoms with Crippen LogP contribution in [0.4, 0.5) is 0 Å². The molecule has 1 atom stereocenters. The molecule has 188 valence electrons. The first-order valence-corrected chi connectivity index (χ1v) is 11.3. The van der Waals surface area contributed by atoms with Gasteiger partial charge in [-0.15, -0.1) is 0 Å². The fraction of sp³-hybridized carbons (Fsp3) is 0.333. The predicted octanol–water partition coefficient (Wildman–Crippen LogP) is 4.23. The zero-order valence-corrected chi connectivity index (χ0v) is 20.6. The van der Waals surface area contributed by atoms with Crippen LogP contribution in [-0.2, 0) is 16.1 Å². The molecule has 8 nitrogen and oxygen atoms in total. The Labute approximate surface area is 205 Å². The number of aromatic amines is 1. The number of hydrogen-bond acceptors (Lipinski definition) is 5. The summed E-state index contributed by atoms with van der Waals surface area (Å²) in [6.07, 6.45) is 2.45. The molecule has 0 aliphatic heterocycles. The van der Waals surface area contributed by atoms with Gasteiger partial charge in [-0.2, -0.15) is 0 Å². The molecule has 1 aromatic heterocycles. The summed E-state index contributed by atoms with van der Waals surface area (Å²) in [5.41, 5.74) is 3.50. The van der Waals surface area contributed by atoms with Crippen molar-refractivity contribution in [2.75, 3.05) is 13.2 Å². The number of benzene rings is 2. The molecule has 1 unspecified atom stereocenters. The number of carboxylic acid groups (broad SMARTS) is 2. The molecule has 0 saturated heterocycles. The highest BCUT2D eigenvalue weighted by molar-refractivity contribution is 5.89. The van der Waals surface area contributed by atoms with Gasteiger partial charge in [-0.3, -0.25) is 4.90 Å². The van der Waals surface area contributed by atoms with Gasteiger partial charge < -0.3 is 25.0 Å². The van der Waals surface area contributed by atoms with E-state index in [1.807, 2.05) is 30.5 Å². The number of aryl methyl sites for hydroxylation is 1. The van der Waals surface area contributed by atoms with Gasteiger partial charge in [0.2, 0.25) is 0 Å². The van der Waals surface area contributed by atoms with Crippen LogP contribution in [-0.4, -0.2) is 61.9 Å². The molecule has 0 bridgehead atoms. The zero-order chi connectivity index (χ0) is 26.0. The van der Waals surface area contributed by atoms with Gasteiger partial charge in [-0.05, 0) is 51.5 Å². The van der Waals surface area contributed by atoms with Crippen molar-refractivity contribution in [2.45, 2.75) is 45.9 Å². The van der Waals surface area contributed by atoms with Crippen LogP contribution in [0, 0.1) is 6.92 Å². The summed E-state index contributed by atoms with van der Waals surface area (Å²) < 4.78 is 5.92. The lowest BCUT2D eigenvalue weighted by molar-refractivity contribution is -0.134. The molecule has 0 radical (unpaired) electrons. The maximum atomic E-state index is 10.6. The van der Waals surface area contributed by atoms with Crippen molar-refractivity contribution in [3.8, 4) is 5.75 Å². The summed E-state index contributed by atoms with van der Waals surface area (Å²) in [5, 5.41) is 27.3. The number of aromatic nitrogens is 1. The number of ether oxygens (including phenoxy) is 1. The van der Waals surface area contributed by atoms with Crippen LogP contribution in [0.1, 0.15) is 31.9 Å². The fourth-order valence-corrected chi connectivity index (χ4v) is 3.31. The van der Waals surface area contributed by atoms with E-state index in [1.54, 1.807) is 0 Å². The molecular formula is C27H34N2O6. The highest BCUT2D eigenvalue weighted by Crippen LogP contribution is 2.25. The molecule has 3 aromatic rings. The molecule has 4 N–H and O–H groups in total. The predicted molar refractivity (Wildman–Crippen MR) is 136 cm³/mol. The molecule has 0 aliphatic carbocycles. The summed E-state index contributed by atoms with van der Waals surface area (Å²) in [4.78, 5) is 24.6. The zero-order valence-electron chi connectivity index (χ0n) is 20.6. The highest BCUT2D eigenvalue weighted by Gasteiger charge is 2.24. The molecule has 8 heteroatoms. The van der Waals surface area contributed by atoms with E-state index in [-0.39, 0.29) is 12.1 Å². The number of rotatable bonds is 9. The Hall–Kier alpha value is -3.62. The average Bonchev–Trinajstić information content (AvgIpc) is 3.26.